The number of rotatable bonds is 5. The average Bonchev–Trinajstić information content (AvgIpc) is 3.44. The molecule has 35 heavy (non-hydrogen) atoms. The van der Waals surface area contributed by atoms with Gasteiger partial charge in [0.15, 0.2) is 5.71 Å². The third kappa shape index (κ3) is 4.69. The highest BCUT2D eigenvalue weighted by atomic mass is 19.4. The number of hydrazone groups is 1. The van der Waals surface area contributed by atoms with Crippen LogP contribution in [0.5, 0.6) is 0 Å². The number of furan rings is 1. The number of carboxylic acid groups (broad SMARTS) is 1. The summed E-state index contributed by atoms with van der Waals surface area (Å²) in [6, 6.07) is 13.8. The smallest absolute Gasteiger partial charge is 0.435 e. The molecule has 1 aromatic heterocycles. The molecule has 2 aromatic carbocycles. The van der Waals surface area contributed by atoms with Gasteiger partial charge in [0, 0.05) is 5.56 Å². The summed E-state index contributed by atoms with van der Waals surface area (Å²) in [7, 11) is 1.23. The lowest BCUT2D eigenvalue weighted by Crippen LogP contribution is -2.25. The first kappa shape index (κ1) is 23.5. The average molecular weight is 484 g/mol. The second kappa shape index (κ2) is 8.93. The van der Waals surface area contributed by atoms with Gasteiger partial charge in [0.25, 0.3) is 5.91 Å². The maximum Gasteiger partial charge on any atom is 0.435 e. The second-order valence-corrected chi connectivity index (χ2v) is 7.25. The van der Waals surface area contributed by atoms with Crippen LogP contribution < -0.4 is 5.01 Å². The second-order valence-electron chi connectivity index (χ2n) is 7.25. The van der Waals surface area contributed by atoms with Gasteiger partial charge in [-0.05, 0) is 54.6 Å². The first-order chi connectivity index (χ1) is 16.6. The standard InChI is InChI=1S/C24H15F3N2O6/c1-34-23(33)15-4-2-3-14(11-15)19-10-9-17(35-19)12-18-20(24(25,26)27)28-29(21(18)30)16-7-5-13(6-8-16)22(31)32/h2-12H,1H3,(H,31,32)/b18-12-. The maximum absolute atomic E-state index is 13.7. The molecule has 4 rings (SSSR count). The van der Waals surface area contributed by atoms with E-state index in [0.717, 1.165) is 18.2 Å². The molecule has 1 aliphatic rings. The monoisotopic (exact) mass is 484 g/mol. The fourth-order valence-corrected chi connectivity index (χ4v) is 3.32. The Morgan fingerprint density at radius 3 is 2.40 bits per heavy atom. The number of hydrogen-bond acceptors (Lipinski definition) is 6. The van der Waals surface area contributed by atoms with Crippen LogP contribution in [0.25, 0.3) is 17.4 Å². The topological polar surface area (TPSA) is 109 Å². The van der Waals surface area contributed by atoms with E-state index in [4.69, 9.17) is 9.52 Å². The lowest BCUT2D eigenvalue weighted by molar-refractivity contribution is -0.114. The quantitative estimate of drug-likeness (QED) is 0.412. The van der Waals surface area contributed by atoms with Crippen LogP contribution >= 0.6 is 0 Å². The molecular weight excluding hydrogens is 469 g/mol. The molecular formula is C24H15F3N2O6. The van der Waals surface area contributed by atoms with Crippen molar-refractivity contribution in [2.45, 2.75) is 6.18 Å². The van der Waals surface area contributed by atoms with Gasteiger partial charge in [0.1, 0.15) is 11.5 Å². The number of halogens is 3. The minimum Gasteiger partial charge on any atom is -0.478 e. The van der Waals surface area contributed by atoms with E-state index in [2.05, 4.69) is 9.84 Å². The highest BCUT2D eigenvalue weighted by molar-refractivity contribution is 6.34. The Morgan fingerprint density at radius 2 is 1.77 bits per heavy atom. The number of methoxy groups -OCH3 is 1. The van der Waals surface area contributed by atoms with Crippen LogP contribution in [0.2, 0.25) is 0 Å². The molecule has 0 fully saturated rings. The van der Waals surface area contributed by atoms with Crippen LogP contribution in [-0.2, 0) is 9.53 Å². The van der Waals surface area contributed by atoms with Crippen LogP contribution in [0, 0.1) is 0 Å². The highest BCUT2D eigenvalue weighted by Gasteiger charge is 2.47. The Bertz CT molecular complexity index is 1390. The van der Waals surface area contributed by atoms with E-state index in [1.165, 1.54) is 43.5 Å². The summed E-state index contributed by atoms with van der Waals surface area (Å²) >= 11 is 0. The van der Waals surface area contributed by atoms with Crippen LogP contribution in [0.4, 0.5) is 18.9 Å². The third-order valence-corrected chi connectivity index (χ3v) is 4.99. The van der Waals surface area contributed by atoms with Crippen LogP contribution in [0.15, 0.2) is 75.8 Å². The van der Waals surface area contributed by atoms with Crippen molar-refractivity contribution in [1.29, 1.82) is 0 Å². The Morgan fingerprint density at radius 1 is 1.06 bits per heavy atom. The number of hydrogen-bond donors (Lipinski definition) is 1. The van der Waals surface area contributed by atoms with Gasteiger partial charge < -0.3 is 14.3 Å². The number of carbonyl (C=O) groups excluding carboxylic acids is 2. The van der Waals surface area contributed by atoms with Gasteiger partial charge in [0.2, 0.25) is 0 Å². The summed E-state index contributed by atoms with van der Waals surface area (Å²) in [5, 5.41) is 13.0. The molecule has 1 N–H and O–H groups in total. The van der Waals surface area contributed by atoms with E-state index in [1.54, 1.807) is 12.1 Å². The molecule has 0 atom stereocenters. The summed E-state index contributed by atoms with van der Waals surface area (Å²) in [4.78, 5) is 35.6. The van der Waals surface area contributed by atoms with Crippen LogP contribution in [-0.4, -0.2) is 42.0 Å². The third-order valence-electron chi connectivity index (χ3n) is 4.99. The number of anilines is 1. The van der Waals surface area contributed by atoms with E-state index in [1.807, 2.05) is 0 Å². The van der Waals surface area contributed by atoms with Gasteiger partial charge in [-0.2, -0.15) is 23.3 Å². The lowest BCUT2D eigenvalue weighted by atomic mass is 10.1. The maximum atomic E-state index is 13.7. The molecule has 0 spiro atoms. The minimum absolute atomic E-state index is 0.0371. The molecule has 0 aliphatic carbocycles. The van der Waals surface area contributed by atoms with Gasteiger partial charge in [-0.3, -0.25) is 4.79 Å². The number of aromatic carboxylic acids is 1. The molecule has 11 heteroatoms. The number of carboxylic acids is 1. The summed E-state index contributed by atoms with van der Waals surface area (Å²) in [6.45, 7) is 0. The number of nitrogens with zero attached hydrogens (tertiary/aromatic N) is 2. The summed E-state index contributed by atoms with van der Waals surface area (Å²) < 4.78 is 51.3. The van der Waals surface area contributed by atoms with Crippen molar-refractivity contribution in [2.24, 2.45) is 5.10 Å². The molecule has 178 valence electrons. The van der Waals surface area contributed by atoms with E-state index < -0.39 is 35.3 Å². The number of carbonyl (C=O) groups is 3. The Kier molecular flexibility index (Phi) is 6.00. The summed E-state index contributed by atoms with van der Waals surface area (Å²) in [6.07, 6.45) is -4.02. The van der Waals surface area contributed by atoms with Crippen molar-refractivity contribution < 1.29 is 41.8 Å². The molecule has 2 heterocycles. The molecule has 1 aliphatic heterocycles. The first-order valence-electron chi connectivity index (χ1n) is 9.93. The SMILES string of the molecule is COC(=O)c1cccc(-c2ccc(/C=C3\C(=O)N(c4ccc(C(=O)O)cc4)N=C3C(F)(F)F)o2)c1. The van der Waals surface area contributed by atoms with Crippen molar-refractivity contribution in [2.75, 3.05) is 12.1 Å². The minimum atomic E-state index is -4.94. The van der Waals surface area contributed by atoms with Crippen molar-refractivity contribution in [1.82, 2.24) is 0 Å². The molecule has 3 aromatic rings. The zero-order chi connectivity index (χ0) is 25.3. The molecule has 0 saturated carbocycles. The molecule has 0 bridgehead atoms. The molecule has 0 unspecified atom stereocenters. The van der Waals surface area contributed by atoms with Crippen LogP contribution in [0.3, 0.4) is 0 Å². The van der Waals surface area contributed by atoms with E-state index >= 15 is 0 Å². The van der Waals surface area contributed by atoms with Gasteiger partial charge in [-0.1, -0.05) is 12.1 Å². The Labute approximate surface area is 195 Å². The van der Waals surface area contributed by atoms with Crippen molar-refractivity contribution in [3.63, 3.8) is 0 Å². The summed E-state index contributed by atoms with van der Waals surface area (Å²) in [5.74, 6) is -2.66. The van der Waals surface area contributed by atoms with E-state index in [-0.39, 0.29) is 28.3 Å². The number of alkyl halides is 3. The van der Waals surface area contributed by atoms with Gasteiger partial charge in [-0.15, -0.1) is 0 Å². The fourth-order valence-electron chi connectivity index (χ4n) is 3.32. The zero-order valence-corrected chi connectivity index (χ0v) is 17.9. The van der Waals surface area contributed by atoms with Crippen LogP contribution in [0.1, 0.15) is 26.5 Å². The van der Waals surface area contributed by atoms with Gasteiger partial charge >= 0.3 is 18.1 Å². The molecule has 1 amide bonds. The Balaban J connectivity index is 1.68. The van der Waals surface area contributed by atoms with E-state index in [9.17, 15) is 27.6 Å². The van der Waals surface area contributed by atoms with Crippen molar-refractivity contribution >= 4 is 35.3 Å². The number of esters is 1. The van der Waals surface area contributed by atoms with E-state index in [0.29, 0.717) is 10.6 Å². The Hall–Kier alpha value is -4.67. The summed E-state index contributed by atoms with van der Waals surface area (Å²) in [5.41, 5.74) is -1.58. The van der Waals surface area contributed by atoms with Crippen molar-refractivity contribution in [3.05, 3.63) is 83.1 Å². The predicted octanol–water partition coefficient (Wildman–Crippen LogP) is 4.78. The molecule has 0 radical (unpaired) electrons. The largest absolute Gasteiger partial charge is 0.478 e. The van der Waals surface area contributed by atoms with Gasteiger partial charge in [-0.25, -0.2) is 9.59 Å². The lowest BCUT2D eigenvalue weighted by Gasteiger charge is -2.11. The number of amides is 1. The first-order valence-corrected chi connectivity index (χ1v) is 9.93. The number of ether oxygens (including phenoxy) is 1. The fraction of sp³-hybridized carbons (Fsp3) is 0.0833. The zero-order valence-electron chi connectivity index (χ0n) is 17.9. The highest BCUT2D eigenvalue weighted by Crippen LogP contribution is 2.33. The van der Waals surface area contributed by atoms with Gasteiger partial charge in [0.05, 0.1) is 29.5 Å². The number of benzene rings is 2. The predicted molar refractivity (Wildman–Crippen MR) is 118 cm³/mol. The normalized spacial score (nSPS) is 14.9. The molecule has 0 saturated heterocycles. The molecule has 8 nitrogen and oxygen atoms in total. The van der Waals surface area contributed by atoms with Crippen molar-refractivity contribution in [3.8, 4) is 11.3 Å².